The normalized spacial score (nSPS) is 17.0. The molecule has 0 bridgehead atoms. The van der Waals surface area contributed by atoms with Gasteiger partial charge in [0.1, 0.15) is 11.6 Å². The molecule has 0 radical (unpaired) electrons. The maximum atomic E-state index is 14.0. The van der Waals surface area contributed by atoms with Gasteiger partial charge in [-0.1, -0.05) is 66.7 Å². The topological polar surface area (TPSA) is 60.0 Å². The molecule has 0 saturated carbocycles. The summed E-state index contributed by atoms with van der Waals surface area (Å²) in [6.07, 6.45) is 0.733. The van der Waals surface area contributed by atoms with Gasteiger partial charge < -0.3 is 4.90 Å². The van der Waals surface area contributed by atoms with Gasteiger partial charge in [-0.05, 0) is 42.3 Å². The van der Waals surface area contributed by atoms with Gasteiger partial charge >= 0.3 is 0 Å². The highest BCUT2D eigenvalue weighted by Crippen LogP contribution is 2.31. The minimum absolute atomic E-state index is 0.127. The van der Waals surface area contributed by atoms with Crippen LogP contribution in [-0.4, -0.2) is 83.9 Å². The van der Waals surface area contributed by atoms with E-state index in [-0.39, 0.29) is 37.3 Å². The molecule has 0 atom stereocenters. The van der Waals surface area contributed by atoms with Crippen LogP contribution < -0.4 is 4.90 Å². The second-order valence-corrected chi connectivity index (χ2v) is 10.8. The standard InChI is InChI=1S/C33H34FN5O2/c34-29-13-6-4-11-26(29)22-37-23-32(40)39(33(41)24-37)16-8-15-36-17-19-38(20-18-36)31-21-28(25-9-2-1-3-10-25)27-12-5-7-14-30(27)35-31/h1-7,9-14,21H,8,15-20,22-24H2. The van der Waals surface area contributed by atoms with Crippen molar-refractivity contribution in [1.29, 1.82) is 0 Å². The number of aromatic nitrogens is 1. The third kappa shape index (κ3) is 6.14. The van der Waals surface area contributed by atoms with E-state index in [9.17, 15) is 14.0 Å². The molecular weight excluding hydrogens is 517 g/mol. The average molecular weight is 552 g/mol. The van der Waals surface area contributed by atoms with Gasteiger partial charge in [0.25, 0.3) is 0 Å². The van der Waals surface area contributed by atoms with Crippen LogP contribution in [0.15, 0.2) is 84.9 Å². The second-order valence-electron chi connectivity index (χ2n) is 10.8. The Morgan fingerprint density at radius 3 is 2.17 bits per heavy atom. The first kappa shape index (κ1) is 27.1. The Labute approximate surface area is 239 Å². The van der Waals surface area contributed by atoms with Gasteiger partial charge in [0.2, 0.25) is 11.8 Å². The van der Waals surface area contributed by atoms with Gasteiger partial charge in [0.15, 0.2) is 0 Å². The maximum absolute atomic E-state index is 14.0. The number of rotatable bonds is 8. The molecule has 2 fully saturated rings. The maximum Gasteiger partial charge on any atom is 0.243 e. The molecule has 0 spiro atoms. The summed E-state index contributed by atoms with van der Waals surface area (Å²) in [5, 5.41) is 1.15. The van der Waals surface area contributed by atoms with Crippen LogP contribution >= 0.6 is 0 Å². The van der Waals surface area contributed by atoms with E-state index in [1.807, 2.05) is 12.1 Å². The minimum Gasteiger partial charge on any atom is -0.354 e. The van der Waals surface area contributed by atoms with Crippen molar-refractivity contribution < 1.29 is 14.0 Å². The summed E-state index contributed by atoms with van der Waals surface area (Å²) in [5.74, 6) is 0.257. The molecule has 2 amide bonds. The van der Waals surface area contributed by atoms with E-state index in [1.165, 1.54) is 22.1 Å². The number of anilines is 1. The van der Waals surface area contributed by atoms with Gasteiger partial charge in [-0.3, -0.25) is 24.3 Å². The largest absolute Gasteiger partial charge is 0.354 e. The summed E-state index contributed by atoms with van der Waals surface area (Å²) in [7, 11) is 0. The number of hydrogen-bond acceptors (Lipinski definition) is 6. The molecule has 0 aliphatic carbocycles. The van der Waals surface area contributed by atoms with Crippen molar-refractivity contribution in [3.8, 4) is 11.1 Å². The molecule has 1 aromatic heterocycles. The van der Waals surface area contributed by atoms with Gasteiger partial charge in [0, 0.05) is 50.2 Å². The van der Waals surface area contributed by atoms with Crippen LogP contribution in [0.5, 0.6) is 0 Å². The van der Waals surface area contributed by atoms with E-state index in [4.69, 9.17) is 4.98 Å². The number of carbonyl (C=O) groups is 2. The third-order valence-electron chi connectivity index (χ3n) is 8.01. The first-order valence-electron chi connectivity index (χ1n) is 14.3. The molecule has 3 aromatic carbocycles. The van der Waals surface area contributed by atoms with Crippen LogP contribution in [0.25, 0.3) is 22.0 Å². The van der Waals surface area contributed by atoms with Gasteiger partial charge in [-0.2, -0.15) is 0 Å². The molecule has 2 saturated heterocycles. The highest BCUT2D eigenvalue weighted by atomic mass is 19.1. The highest BCUT2D eigenvalue weighted by molar-refractivity contribution is 5.99. The van der Waals surface area contributed by atoms with Crippen LogP contribution in [0.3, 0.4) is 0 Å². The lowest BCUT2D eigenvalue weighted by Crippen LogP contribution is -2.54. The molecule has 0 N–H and O–H groups in total. The van der Waals surface area contributed by atoms with Crippen molar-refractivity contribution in [2.75, 3.05) is 57.3 Å². The van der Waals surface area contributed by atoms with Crippen LogP contribution in [-0.2, 0) is 16.1 Å². The van der Waals surface area contributed by atoms with E-state index in [1.54, 1.807) is 23.1 Å². The number of amides is 2. The summed E-state index contributed by atoms with van der Waals surface area (Å²) < 4.78 is 14.0. The van der Waals surface area contributed by atoms with Crippen molar-refractivity contribution in [3.63, 3.8) is 0 Å². The van der Waals surface area contributed by atoms with E-state index in [0.717, 1.165) is 55.9 Å². The molecule has 41 heavy (non-hydrogen) atoms. The number of para-hydroxylation sites is 1. The molecular formula is C33H34FN5O2. The Morgan fingerprint density at radius 1 is 0.732 bits per heavy atom. The number of hydrogen-bond donors (Lipinski definition) is 0. The lowest BCUT2D eigenvalue weighted by Gasteiger charge is -2.36. The number of piperazine rings is 2. The summed E-state index contributed by atoms with van der Waals surface area (Å²) in [6, 6.07) is 27.4. The zero-order chi connectivity index (χ0) is 28.2. The van der Waals surface area contributed by atoms with Crippen molar-refractivity contribution in [1.82, 2.24) is 19.7 Å². The Morgan fingerprint density at radius 2 is 1.41 bits per heavy atom. The van der Waals surface area contributed by atoms with Gasteiger partial charge in [-0.15, -0.1) is 0 Å². The fourth-order valence-corrected chi connectivity index (χ4v) is 5.81. The monoisotopic (exact) mass is 551 g/mol. The van der Waals surface area contributed by atoms with E-state index in [2.05, 4.69) is 58.3 Å². The highest BCUT2D eigenvalue weighted by Gasteiger charge is 2.31. The zero-order valence-electron chi connectivity index (χ0n) is 23.1. The van der Waals surface area contributed by atoms with Gasteiger partial charge in [0.05, 0.1) is 18.6 Å². The first-order chi connectivity index (χ1) is 20.0. The number of pyridine rings is 1. The molecule has 4 aromatic rings. The number of fused-ring (bicyclic) bond motifs is 1. The lowest BCUT2D eigenvalue weighted by atomic mass is 10.0. The number of carbonyl (C=O) groups excluding carboxylic acids is 2. The smallest absolute Gasteiger partial charge is 0.243 e. The number of imide groups is 1. The number of halogens is 1. The summed E-state index contributed by atoms with van der Waals surface area (Å²) >= 11 is 0. The molecule has 3 heterocycles. The van der Waals surface area contributed by atoms with Crippen molar-refractivity contribution in [2.24, 2.45) is 0 Å². The summed E-state index contributed by atoms with van der Waals surface area (Å²) in [6.45, 7) is 5.27. The fraction of sp³-hybridized carbons (Fsp3) is 0.303. The van der Waals surface area contributed by atoms with E-state index in [0.29, 0.717) is 12.1 Å². The van der Waals surface area contributed by atoms with Crippen LogP contribution in [0.1, 0.15) is 12.0 Å². The molecule has 6 rings (SSSR count). The van der Waals surface area contributed by atoms with E-state index < -0.39 is 0 Å². The van der Waals surface area contributed by atoms with Crippen LogP contribution in [0, 0.1) is 5.82 Å². The van der Waals surface area contributed by atoms with Crippen molar-refractivity contribution >= 4 is 28.5 Å². The molecule has 2 aliphatic rings. The third-order valence-corrected chi connectivity index (χ3v) is 8.01. The first-order valence-corrected chi connectivity index (χ1v) is 14.3. The molecule has 8 heteroatoms. The molecule has 210 valence electrons. The molecule has 2 aliphatic heterocycles. The second kappa shape index (κ2) is 12.2. The average Bonchev–Trinajstić information content (AvgIpc) is 3.00. The lowest BCUT2D eigenvalue weighted by molar-refractivity contribution is -0.151. The summed E-state index contributed by atoms with van der Waals surface area (Å²) in [5.41, 5.74) is 3.87. The fourth-order valence-electron chi connectivity index (χ4n) is 5.81. The minimum atomic E-state index is -0.317. The zero-order valence-corrected chi connectivity index (χ0v) is 23.1. The van der Waals surface area contributed by atoms with E-state index >= 15 is 0 Å². The van der Waals surface area contributed by atoms with Crippen LogP contribution in [0.4, 0.5) is 10.2 Å². The predicted octanol–water partition coefficient (Wildman–Crippen LogP) is 4.42. The quantitative estimate of drug-likeness (QED) is 0.302. The number of benzene rings is 3. The van der Waals surface area contributed by atoms with Crippen molar-refractivity contribution in [3.05, 3.63) is 96.3 Å². The Kier molecular flexibility index (Phi) is 8.02. The van der Waals surface area contributed by atoms with Crippen molar-refractivity contribution in [2.45, 2.75) is 13.0 Å². The Bertz CT molecular complexity index is 1520. The Hall–Kier alpha value is -4.14. The van der Waals surface area contributed by atoms with Gasteiger partial charge in [-0.25, -0.2) is 9.37 Å². The SMILES string of the molecule is O=C1CN(Cc2ccccc2F)CC(=O)N1CCCN1CCN(c2cc(-c3ccccc3)c3ccccc3n2)CC1. The number of nitrogens with zero attached hydrogens (tertiary/aromatic N) is 5. The van der Waals surface area contributed by atoms with Crippen LogP contribution in [0.2, 0.25) is 0 Å². The molecule has 0 unspecified atom stereocenters. The summed E-state index contributed by atoms with van der Waals surface area (Å²) in [4.78, 5) is 38.3. The molecule has 7 nitrogen and oxygen atoms in total. The predicted molar refractivity (Wildman–Crippen MR) is 159 cm³/mol. The Balaban J connectivity index is 1.01.